The molecule has 0 atom stereocenters. The topological polar surface area (TPSA) is 69.7 Å². The molecule has 0 spiro atoms. The van der Waals surface area contributed by atoms with Gasteiger partial charge in [0.2, 0.25) is 0 Å². The number of hydrogen-bond acceptors (Lipinski definition) is 5. The maximum absolute atomic E-state index is 12.2. The molecule has 150 valence electrons. The van der Waals surface area contributed by atoms with E-state index in [1.54, 1.807) is 12.1 Å². The molecule has 3 rings (SSSR count). The molecule has 0 unspecified atom stereocenters. The molecule has 28 heavy (non-hydrogen) atoms. The number of amides is 1. The summed E-state index contributed by atoms with van der Waals surface area (Å²) in [5.41, 5.74) is 3.01. The van der Waals surface area contributed by atoms with Crippen molar-refractivity contribution in [3.05, 3.63) is 59.7 Å². The highest BCUT2D eigenvalue weighted by atomic mass is 32.2. The molecule has 6 nitrogen and oxygen atoms in total. The van der Waals surface area contributed by atoms with Crippen molar-refractivity contribution in [1.29, 1.82) is 0 Å². The average molecular weight is 402 g/mol. The molecule has 1 heterocycles. The molecule has 0 bridgehead atoms. The molecule has 0 radical (unpaired) electrons. The minimum absolute atomic E-state index is 0.182. The first kappa shape index (κ1) is 20.4. The molecule has 1 saturated heterocycles. The number of anilines is 1. The van der Waals surface area contributed by atoms with Crippen LogP contribution in [0.15, 0.2) is 53.4 Å². The van der Waals surface area contributed by atoms with Gasteiger partial charge in [-0.25, -0.2) is 8.42 Å². The fourth-order valence-corrected chi connectivity index (χ4v) is 3.97. The van der Waals surface area contributed by atoms with E-state index in [9.17, 15) is 13.2 Å². The fraction of sp³-hybridized carbons (Fsp3) is 0.381. The average Bonchev–Trinajstić information content (AvgIpc) is 2.68. The Balaban J connectivity index is 1.43. The van der Waals surface area contributed by atoms with Gasteiger partial charge >= 0.3 is 0 Å². The molecule has 1 N–H and O–H groups in total. The van der Waals surface area contributed by atoms with Crippen LogP contribution in [0.4, 0.5) is 5.69 Å². The van der Waals surface area contributed by atoms with Crippen LogP contribution in [-0.4, -0.2) is 64.7 Å². The van der Waals surface area contributed by atoms with E-state index in [1.807, 2.05) is 0 Å². The van der Waals surface area contributed by atoms with Crippen molar-refractivity contribution < 1.29 is 13.2 Å². The van der Waals surface area contributed by atoms with Gasteiger partial charge < -0.3 is 10.2 Å². The first-order chi connectivity index (χ1) is 13.3. The van der Waals surface area contributed by atoms with Crippen LogP contribution in [0, 0.1) is 6.92 Å². The summed E-state index contributed by atoms with van der Waals surface area (Å²) < 4.78 is 23.0. The van der Waals surface area contributed by atoms with Crippen LogP contribution in [0.2, 0.25) is 0 Å². The van der Waals surface area contributed by atoms with E-state index in [4.69, 9.17) is 0 Å². The monoisotopic (exact) mass is 401 g/mol. The first-order valence-electron chi connectivity index (χ1n) is 9.45. The molecule has 1 aliphatic heterocycles. The molecule has 2 aromatic carbocycles. The van der Waals surface area contributed by atoms with E-state index in [0.29, 0.717) is 12.1 Å². The predicted molar refractivity (Wildman–Crippen MR) is 112 cm³/mol. The summed E-state index contributed by atoms with van der Waals surface area (Å²) >= 11 is 0. The minimum Gasteiger partial charge on any atom is -0.369 e. The summed E-state index contributed by atoms with van der Waals surface area (Å²) in [6.45, 7) is 7.36. The summed E-state index contributed by atoms with van der Waals surface area (Å²) in [4.78, 5) is 17.2. The second-order valence-corrected chi connectivity index (χ2v) is 9.24. The van der Waals surface area contributed by atoms with Gasteiger partial charge in [0.1, 0.15) is 0 Å². The van der Waals surface area contributed by atoms with Gasteiger partial charge in [0, 0.05) is 56.8 Å². The molecule has 0 aliphatic carbocycles. The third-order valence-electron chi connectivity index (χ3n) is 5.00. The maximum Gasteiger partial charge on any atom is 0.251 e. The van der Waals surface area contributed by atoms with Crippen molar-refractivity contribution in [3.8, 4) is 0 Å². The number of aryl methyl sites for hydroxylation is 1. The van der Waals surface area contributed by atoms with Crippen LogP contribution in [0.5, 0.6) is 0 Å². The first-order valence-corrected chi connectivity index (χ1v) is 11.3. The molecule has 1 aliphatic rings. The Labute approximate surface area is 167 Å². The number of nitrogens with one attached hydrogen (secondary N) is 1. The Bertz CT molecular complexity index is 918. The molecule has 0 saturated carbocycles. The van der Waals surface area contributed by atoms with Gasteiger partial charge in [0.15, 0.2) is 9.84 Å². The Hall–Kier alpha value is -2.38. The highest BCUT2D eigenvalue weighted by Crippen LogP contribution is 2.17. The third-order valence-corrected chi connectivity index (χ3v) is 6.13. The number of rotatable bonds is 6. The van der Waals surface area contributed by atoms with E-state index >= 15 is 0 Å². The summed E-state index contributed by atoms with van der Waals surface area (Å²) in [7, 11) is -3.25. The number of carbonyl (C=O) groups excluding carboxylic acids is 1. The summed E-state index contributed by atoms with van der Waals surface area (Å²) in [5, 5.41) is 2.91. The standard InChI is InChI=1S/C21H27N3O3S/c1-17-4-3-5-19(16-17)24-14-12-23(13-15-24)11-10-22-21(25)18-6-8-20(9-7-18)28(2,26)27/h3-9,16H,10-15H2,1-2H3,(H,22,25). The second kappa shape index (κ2) is 8.75. The number of benzene rings is 2. The smallest absolute Gasteiger partial charge is 0.251 e. The zero-order valence-corrected chi connectivity index (χ0v) is 17.2. The fourth-order valence-electron chi connectivity index (χ4n) is 3.34. The molecule has 7 heteroatoms. The Morgan fingerprint density at radius 2 is 1.71 bits per heavy atom. The molecule has 1 fully saturated rings. The van der Waals surface area contributed by atoms with Crippen LogP contribution >= 0.6 is 0 Å². The predicted octanol–water partition coefficient (Wildman–Crippen LogP) is 1.95. The van der Waals surface area contributed by atoms with Gasteiger partial charge in [0.25, 0.3) is 5.91 Å². The summed E-state index contributed by atoms with van der Waals surface area (Å²) in [6.07, 6.45) is 1.15. The van der Waals surface area contributed by atoms with Crippen molar-refractivity contribution >= 4 is 21.4 Å². The van der Waals surface area contributed by atoms with Crippen molar-refractivity contribution in [3.63, 3.8) is 0 Å². The highest BCUT2D eigenvalue weighted by Gasteiger charge is 2.17. The molecular formula is C21H27N3O3S. The van der Waals surface area contributed by atoms with E-state index in [-0.39, 0.29) is 10.8 Å². The normalized spacial score (nSPS) is 15.4. The maximum atomic E-state index is 12.2. The third kappa shape index (κ3) is 5.33. The lowest BCUT2D eigenvalue weighted by atomic mass is 10.2. The van der Waals surface area contributed by atoms with Crippen LogP contribution in [0.25, 0.3) is 0 Å². The molecule has 2 aromatic rings. The van der Waals surface area contributed by atoms with Gasteiger partial charge in [-0.3, -0.25) is 9.69 Å². The largest absolute Gasteiger partial charge is 0.369 e. The lowest BCUT2D eigenvalue weighted by molar-refractivity contribution is 0.0947. The van der Waals surface area contributed by atoms with E-state index in [0.717, 1.165) is 39.0 Å². The van der Waals surface area contributed by atoms with Gasteiger partial charge in [0.05, 0.1) is 4.90 Å². The van der Waals surface area contributed by atoms with E-state index < -0.39 is 9.84 Å². The van der Waals surface area contributed by atoms with Crippen molar-refractivity contribution in [2.24, 2.45) is 0 Å². The van der Waals surface area contributed by atoms with Crippen LogP contribution in [-0.2, 0) is 9.84 Å². The highest BCUT2D eigenvalue weighted by molar-refractivity contribution is 7.90. The number of hydrogen-bond donors (Lipinski definition) is 1. The Kier molecular flexibility index (Phi) is 6.36. The lowest BCUT2D eigenvalue weighted by Crippen LogP contribution is -2.48. The van der Waals surface area contributed by atoms with Crippen LogP contribution in [0.1, 0.15) is 15.9 Å². The van der Waals surface area contributed by atoms with Crippen molar-refractivity contribution in [2.75, 3.05) is 50.4 Å². The SMILES string of the molecule is Cc1cccc(N2CCN(CCNC(=O)c3ccc(S(C)(=O)=O)cc3)CC2)c1. The van der Waals surface area contributed by atoms with Crippen molar-refractivity contribution in [1.82, 2.24) is 10.2 Å². The zero-order chi connectivity index (χ0) is 20.1. The van der Waals surface area contributed by atoms with Gasteiger partial charge in [-0.2, -0.15) is 0 Å². The van der Waals surface area contributed by atoms with Gasteiger partial charge in [-0.05, 0) is 48.9 Å². The van der Waals surface area contributed by atoms with E-state index in [2.05, 4.69) is 46.3 Å². The lowest BCUT2D eigenvalue weighted by Gasteiger charge is -2.36. The quantitative estimate of drug-likeness (QED) is 0.801. The molecule has 0 aromatic heterocycles. The minimum atomic E-state index is -3.25. The zero-order valence-electron chi connectivity index (χ0n) is 16.4. The van der Waals surface area contributed by atoms with Crippen LogP contribution in [0.3, 0.4) is 0 Å². The number of piperazine rings is 1. The Morgan fingerprint density at radius 1 is 1.04 bits per heavy atom. The van der Waals surface area contributed by atoms with Gasteiger partial charge in [-0.1, -0.05) is 12.1 Å². The van der Waals surface area contributed by atoms with Crippen LogP contribution < -0.4 is 10.2 Å². The number of sulfone groups is 1. The Morgan fingerprint density at radius 3 is 2.32 bits per heavy atom. The second-order valence-electron chi connectivity index (χ2n) is 7.22. The molecule has 1 amide bonds. The van der Waals surface area contributed by atoms with Crippen molar-refractivity contribution in [2.45, 2.75) is 11.8 Å². The number of carbonyl (C=O) groups is 1. The van der Waals surface area contributed by atoms with Gasteiger partial charge in [-0.15, -0.1) is 0 Å². The summed E-state index contributed by atoms with van der Waals surface area (Å²) in [6, 6.07) is 14.6. The summed E-state index contributed by atoms with van der Waals surface area (Å²) in [5.74, 6) is -0.182. The van der Waals surface area contributed by atoms with E-state index in [1.165, 1.54) is 23.4 Å². The molecular weight excluding hydrogens is 374 g/mol. The number of nitrogens with zero attached hydrogens (tertiary/aromatic N) is 2.